The SMILES string of the molecule is COc1cc(C)c([I-]c2ccc(C)cc2)c(C)c1. The molecule has 0 saturated carbocycles. The molecule has 2 aromatic rings. The number of hydrogen-bond donors (Lipinski definition) is 0. The third-order valence-corrected chi connectivity index (χ3v) is 6.44. The Morgan fingerprint density at radius 2 is 1.44 bits per heavy atom. The zero-order chi connectivity index (χ0) is 13.1. The molecule has 96 valence electrons. The average molecular weight is 353 g/mol. The van der Waals surface area contributed by atoms with Crippen LogP contribution in [0.3, 0.4) is 0 Å². The minimum atomic E-state index is -0.101. The predicted octanol–water partition coefficient (Wildman–Crippen LogP) is 0.749. The molecule has 0 radical (unpaired) electrons. The van der Waals surface area contributed by atoms with Gasteiger partial charge >= 0.3 is 120 Å². The standard InChI is InChI=1S/C16H18IO/c1-11-5-7-14(8-6-11)17-16-12(2)9-15(18-4)10-13(16)3/h5-10H,1-4H3/q-1. The first-order valence-corrected chi connectivity index (χ1v) is 8.12. The second-order valence-electron chi connectivity index (χ2n) is 4.47. The van der Waals surface area contributed by atoms with E-state index in [1.807, 2.05) is 0 Å². The Morgan fingerprint density at radius 3 is 1.94 bits per heavy atom. The molecular weight excluding hydrogens is 335 g/mol. The van der Waals surface area contributed by atoms with Gasteiger partial charge in [-0.15, -0.1) is 0 Å². The van der Waals surface area contributed by atoms with Gasteiger partial charge in [0.1, 0.15) is 0 Å². The van der Waals surface area contributed by atoms with Gasteiger partial charge in [-0.05, 0) is 0 Å². The van der Waals surface area contributed by atoms with Gasteiger partial charge < -0.3 is 0 Å². The first kappa shape index (κ1) is 13.4. The summed E-state index contributed by atoms with van der Waals surface area (Å²) in [7, 11) is 1.73. The van der Waals surface area contributed by atoms with Crippen molar-refractivity contribution in [2.75, 3.05) is 7.11 Å². The summed E-state index contributed by atoms with van der Waals surface area (Å²) in [5, 5.41) is 0. The molecule has 0 aliphatic rings. The molecule has 0 bridgehead atoms. The normalized spacial score (nSPS) is 10.7. The van der Waals surface area contributed by atoms with Gasteiger partial charge in [-0.2, -0.15) is 0 Å². The second-order valence-corrected chi connectivity index (χ2v) is 7.33. The van der Waals surface area contributed by atoms with Crippen molar-refractivity contribution in [3.8, 4) is 5.75 Å². The topological polar surface area (TPSA) is 9.23 Å². The fourth-order valence-electron chi connectivity index (χ4n) is 1.88. The van der Waals surface area contributed by atoms with Crippen LogP contribution >= 0.6 is 0 Å². The summed E-state index contributed by atoms with van der Waals surface area (Å²) in [4.78, 5) is 0. The number of benzene rings is 2. The summed E-state index contributed by atoms with van der Waals surface area (Å²) in [5.74, 6) is 0.960. The van der Waals surface area contributed by atoms with Crippen molar-refractivity contribution in [2.45, 2.75) is 20.8 Å². The van der Waals surface area contributed by atoms with Crippen molar-refractivity contribution < 1.29 is 25.9 Å². The molecule has 0 amide bonds. The predicted molar refractivity (Wildman–Crippen MR) is 71.0 cm³/mol. The Balaban J connectivity index is 2.31. The number of rotatable bonds is 3. The molecule has 0 aliphatic carbocycles. The van der Waals surface area contributed by atoms with Crippen molar-refractivity contribution in [1.82, 2.24) is 0 Å². The van der Waals surface area contributed by atoms with E-state index in [4.69, 9.17) is 4.74 Å². The molecule has 2 aromatic carbocycles. The van der Waals surface area contributed by atoms with Gasteiger partial charge in [0.15, 0.2) is 0 Å². The molecule has 0 spiro atoms. The van der Waals surface area contributed by atoms with Gasteiger partial charge in [-0.25, -0.2) is 0 Å². The fraction of sp³-hybridized carbons (Fsp3) is 0.250. The van der Waals surface area contributed by atoms with E-state index in [2.05, 4.69) is 57.2 Å². The van der Waals surface area contributed by atoms with Crippen molar-refractivity contribution in [3.63, 3.8) is 0 Å². The molecule has 1 nitrogen and oxygen atoms in total. The van der Waals surface area contributed by atoms with E-state index in [-0.39, 0.29) is 21.2 Å². The summed E-state index contributed by atoms with van der Waals surface area (Å²) in [6.07, 6.45) is 0. The Morgan fingerprint density at radius 1 is 0.889 bits per heavy atom. The summed E-state index contributed by atoms with van der Waals surface area (Å²) >= 11 is -0.101. The van der Waals surface area contributed by atoms with Crippen LogP contribution in [-0.2, 0) is 0 Å². The van der Waals surface area contributed by atoms with E-state index in [9.17, 15) is 0 Å². The quantitative estimate of drug-likeness (QED) is 0.740. The second kappa shape index (κ2) is 5.74. The van der Waals surface area contributed by atoms with Gasteiger partial charge in [0.25, 0.3) is 0 Å². The summed E-state index contributed by atoms with van der Waals surface area (Å²) in [6.45, 7) is 6.49. The molecule has 0 aromatic heterocycles. The van der Waals surface area contributed by atoms with Crippen LogP contribution in [0, 0.1) is 27.9 Å². The van der Waals surface area contributed by atoms with Crippen molar-refractivity contribution in [3.05, 3.63) is 60.2 Å². The molecule has 0 saturated heterocycles. The van der Waals surface area contributed by atoms with Gasteiger partial charge in [-0.1, -0.05) is 0 Å². The minimum absolute atomic E-state index is 0.101. The molecule has 2 heteroatoms. The fourth-order valence-corrected chi connectivity index (χ4v) is 4.38. The van der Waals surface area contributed by atoms with Crippen LogP contribution in [0.5, 0.6) is 5.75 Å². The Hall–Kier alpha value is -1.03. The number of ether oxygens (including phenoxy) is 1. The van der Waals surface area contributed by atoms with Crippen molar-refractivity contribution in [1.29, 1.82) is 0 Å². The van der Waals surface area contributed by atoms with Crippen LogP contribution in [0.2, 0.25) is 0 Å². The summed E-state index contributed by atoms with van der Waals surface area (Å²) < 4.78 is 8.29. The van der Waals surface area contributed by atoms with Crippen molar-refractivity contribution >= 4 is 0 Å². The maximum atomic E-state index is 5.31. The molecule has 0 N–H and O–H groups in total. The summed E-state index contributed by atoms with van der Waals surface area (Å²) in [6, 6.07) is 13.2. The molecule has 18 heavy (non-hydrogen) atoms. The van der Waals surface area contributed by atoms with Crippen LogP contribution in [0.4, 0.5) is 0 Å². The Labute approximate surface area is 119 Å². The van der Waals surface area contributed by atoms with E-state index in [1.165, 1.54) is 23.8 Å². The molecule has 0 aliphatic heterocycles. The van der Waals surface area contributed by atoms with E-state index >= 15 is 0 Å². The Bertz CT molecular complexity index is 521. The maximum absolute atomic E-state index is 5.31. The monoisotopic (exact) mass is 353 g/mol. The molecule has 2 rings (SSSR count). The van der Waals surface area contributed by atoms with Gasteiger partial charge in [-0.3, -0.25) is 0 Å². The zero-order valence-corrected chi connectivity index (χ0v) is 13.4. The number of hydrogen-bond acceptors (Lipinski definition) is 1. The molecule has 0 fully saturated rings. The third-order valence-electron chi connectivity index (χ3n) is 2.86. The number of methoxy groups -OCH3 is 1. The van der Waals surface area contributed by atoms with Gasteiger partial charge in [0, 0.05) is 0 Å². The van der Waals surface area contributed by atoms with E-state index in [0.717, 1.165) is 5.75 Å². The van der Waals surface area contributed by atoms with E-state index in [1.54, 1.807) is 7.11 Å². The van der Waals surface area contributed by atoms with Crippen molar-refractivity contribution in [2.24, 2.45) is 0 Å². The first-order chi connectivity index (χ1) is 8.60. The number of halogens is 1. The van der Waals surface area contributed by atoms with Crippen LogP contribution in [0.1, 0.15) is 16.7 Å². The molecule has 0 heterocycles. The van der Waals surface area contributed by atoms with Crippen LogP contribution in [0.25, 0.3) is 0 Å². The van der Waals surface area contributed by atoms with Gasteiger partial charge in [0.05, 0.1) is 0 Å². The average Bonchev–Trinajstić information content (AvgIpc) is 2.35. The van der Waals surface area contributed by atoms with E-state index < -0.39 is 0 Å². The third kappa shape index (κ3) is 3.05. The van der Waals surface area contributed by atoms with E-state index in [0.29, 0.717) is 0 Å². The van der Waals surface area contributed by atoms with Crippen LogP contribution in [0.15, 0.2) is 36.4 Å². The zero-order valence-electron chi connectivity index (χ0n) is 11.3. The van der Waals surface area contributed by atoms with Crippen LogP contribution in [-0.4, -0.2) is 7.11 Å². The number of aryl methyl sites for hydroxylation is 3. The molecule has 0 unspecified atom stereocenters. The summed E-state index contributed by atoms with van der Waals surface area (Å²) in [5.41, 5.74) is 4.02. The Kier molecular flexibility index (Phi) is 4.27. The molecule has 0 atom stereocenters. The molecular formula is C16H18IO-. The van der Waals surface area contributed by atoms with Crippen LogP contribution < -0.4 is 25.9 Å². The first-order valence-electron chi connectivity index (χ1n) is 5.97. The van der Waals surface area contributed by atoms with Gasteiger partial charge in [0.2, 0.25) is 0 Å².